The largest absolute Gasteiger partial charge is 0.384 e. The molecule has 2 N–H and O–H groups in total. The number of hydrogen-bond donors (Lipinski definition) is 1. The van der Waals surface area contributed by atoms with Crippen LogP contribution in [0.15, 0.2) is 0 Å². The van der Waals surface area contributed by atoms with Crippen molar-refractivity contribution in [3.63, 3.8) is 0 Å². The first kappa shape index (κ1) is 9.18. The number of hydrogen-bond acceptors (Lipinski definition) is 4. The van der Waals surface area contributed by atoms with E-state index < -0.39 is 0 Å². The van der Waals surface area contributed by atoms with Crippen LogP contribution < -0.4 is 5.73 Å². The highest BCUT2D eigenvalue weighted by atomic mass is 16.5. The van der Waals surface area contributed by atoms with Gasteiger partial charge in [0.15, 0.2) is 0 Å². The minimum absolute atomic E-state index is 0.459. The fourth-order valence-corrected chi connectivity index (χ4v) is 2.36. The molecule has 2 aliphatic heterocycles. The van der Waals surface area contributed by atoms with Gasteiger partial charge in [0.25, 0.3) is 0 Å². The lowest BCUT2D eigenvalue weighted by atomic mass is 10.1. The van der Waals surface area contributed by atoms with Crippen LogP contribution in [-0.4, -0.2) is 41.4 Å². The van der Waals surface area contributed by atoms with E-state index in [-0.39, 0.29) is 0 Å². The molecular weight excluding hydrogens is 192 g/mol. The summed E-state index contributed by atoms with van der Waals surface area (Å²) in [6, 6.07) is 0.459. The van der Waals surface area contributed by atoms with Gasteiger partial charge in [-0.3, -0.25) is 0 Å². The van der Waals surface area contributed by atoms with Crippen LogP contribution in [0.4, 0.5) is 5.82 Å². The van der Waals surface area contributed by atoms with Gasteiger partial charge in [0.05, 0.1) is 24.9 Å². The lowest BCUT2D eigenvalue weighted by Crippen LogP contribution is -2.45. The number of nitrogens with two attached hydrogens (primary N) is 1. The van der Waals surface area contributed by atoms with Crippen molar-refractivity contribution in [2.45, 2.75) is 19.1 Å². The topological polar surface area (TPSA) is 56.3 Å². The number of likely N-dealkylation sites (tertiary alicyclic amines) is 1. The zero-order valence-corrected chi connectivity index (χ0v) is 8.94. The Bertz CT molecular complexity index is 381. The van der Waals surface area contributed by atoms with Gasteiger partial charge in [0.2, 0.25) is 0 Å². The van der Waals surface area contributed by atoms with E-state index in [1.54, 1.807) is 0 Å². The number of ether oxygens (including phenoxy) is 1. The summed E-state index contributed by atoms with van der Waals surface area (Å²) in [5, 5.41) is 4.55. The summed E-state index contributed by atoms with van der Waals surface area (Å²) in [6.45, 7) is 3.49. The molecule has 82 valence electrons. The third-order valence-electron chi connectivity index (χ3n) is 3.26. The molecule has 1 aromatic rings. The first-order valence-electron chi connectivity index (χ1n) is 5.37. The van der Waals surface area contributed by atoms with Crippen LogP contribution in [0.2, 0.25) is 0 Å². The van der Waals surface area contributed by atoms with Gasteiger partial charge < -0.3 is 15.4 Å². The minimum Gasteiger partial charge on any atom is -0.384 e. The maximum absolute atomic E-state index is 6.11. The first-order valence-corrected chi connectivity index (χ1v) is 5.37. The molecule has 1 aromatic heterocycles. The molecular formula is C10H16N4O. The van der Waals surface area contributed by atoms with E-state index in [1.165, 1.54) is 5.56 Å². The molecule has 0 saturated carbocycles. The molecule has 1 saturated heterocycles. The summed E-state index contributed by atoms with van der Waals surface area (Å²) < 4.78 is 7.36. The lowest BCUT2D eigenvalue weighted by molar-refractivity contribution is 0.105. The van der Waals surface area contributed by atoms with E-state index in [9.17, 15) is 0 Å². The van der Waals surface area contributed by atoms with Crippen molar-refractivity contribution >= 4 is 5.82 Å². The van der Waals surface area contributed by atoms with Gasteiger partial charge in [-0.15, -0.1) is 0 Å². The molecule has 3 heterocycles. The molecule has 1 fully saturated rings. The first-order chi connectivity index (χ1) is 7.25. The Morgan fingerprint density at radius 1 is 1.47 bits per heavy atom. The minimum atomic E-state index is 0.459. The average Bonchev–Trinajstić information content (AvgIpc) is 2.52. The van der Waals surface area contributed by atoms with Crippen molar-refractivity contribution in [3.05, 3.63) is 11.3 Å². The second-order valence-corrected chi connectivity index (χ2v) is 4.43. The molecule has 0 amide bonds. The number of anilines is 1. The highest BCUT2D eigenvalue weighted by molar-refractivity contribution is 5.45. The highest BCUT2D eigenvalue weighted by Gasteiger charge is 2.30. The smallest absolute Gasteiger partial charge is 0.125 e. The van der Waals surface area contributed by atoms with Crippen LogP contribution in [0, 0.1) is 0 Å². The third-order valence-corrected chi connectivity index (χ3v) is 3.26. The second kappa shape index (κ2) is 3.21. The van der Waals surface area contributed by atoms with Gasteiger partial charge in [0.1, 0.15) is 5.82 Å². The molecule has 0 bridgehead atoms. The summed E-state index contributed by atoms with van der Waals surface area (Å²) in [4.78, 5) is 2.27. The van der Waals surface area contributed by atoms with Crippen LogP contribution in [0.3, 0.4) is 0 Å². The number of nitrogens with zero attached hydrogens (tertiary/aromatic N) is 3. The Hall–Kier alpha value is -1.07. The zero-order chi connectivity index (χ0) is 10.4. The van der Waals surface area contributed by atoms with Crippen LogP contribution in [0.5, 0.6) is 0 Å². The quantitative estimate of drug-likeness (QED) is 0.707. The van der Waals surface area contributed by atoms with Gasteiger partial charge in [-0.25, -0.2) is 4.68 Å². The summed E-state index contributed by atoms with van der Waals surface area (Å²) in [6.07, 6.45) is 0.906. The van der Waals surface area contributed by atoms with E-state index in [0.717, 1.165) is 37.6 Å². The van der Waals surface area contributed by atoms with Crippen LogP contribution in [0.1, 0.15) is 17.3 Å². The molecule has 0 aromatic carbocycles. The van der Waals surface area contributed by atoms with Crippen molar-refractivity contribution in [3.8, 4) is 0 Å². The maximum atomic E-state index is 6.11. The van der Waals surface area contributed by atoms with Crippen molar-refractivity contribution in [2.24, 2.45) is 0 Å². The van der Waals surface area contributed by atoms with Gasteiger partial charge in [0, 0.05) is 25.1 Å². The Morgan fingerprint density at radius 2 is 2.27 bits per heavy atom. The van der Waals surface area contributed by atoms with E-state index in [4.69, 9.17) is 10.5 Å². The third kappa shape index (κ3) is 1.34. The molecule has 0 unspecified atom stereocenters. The Morgan fingerprint density at radius 3 is 2.93 bits per heavy atom. The standard InChI is InChI=1S/C10H16N4O/c1-13-4-7(5-13)14-10(11)8-2-3-15-6-9(8)12-14/h7H,2-6,11H2,1H3. The number of fused-ring (bicyclic) bond motifs is 1. The zero-order valence-electron chi connectivity index (χ0n) is 8.94. The molecule has 15 heavy (non-hydrogen) atoms. The van der Waals surface area contributed by atoms with Gasteiger partial charge >= 0.3 is 0 Å². The number of rotatable bonds is 1. The Kier molecular flexibility index (Phi) is 1.97. The fraction of sp³-hybridized carbons (Fsp3) is 0.700. The molecule has 5 heteroatoms. The number of aromatic nitrogens is 2. The molecule has 0 radical (unpaired) electrons. The SMILES string of the molecule is CN1CC(n2nc3c(c2N)CCOC3)C1. The molecule has 3 rings (SSSR count). The highest BCUT2D eigenvalue weighted by Crippen LogP contribution is 2.28. The van der Waals surface area contributed by atoms with Crippen molar-refractivity contribution < 1.29 is 4.74 Å². The predicted molar refractivity (Wildman–Crippen MR) is 56.5 cm³/mol. The fourth-order valence-electron chi connectivity index (χ4n) is 2.36. The van der Waals surface area contributed by atoms with Crippen LogP contribution in [0.25, 0.3) is 0 Å². The van der Waals surface area contributed by atoms with Crippen LogP contribution >= 0.6 is 0 Å². The summed E-state index contributed by atoms with van der Waals surface area (Å²) >= 11 is 0. The lowest BCUT2D eigenvalue weighted by Gasteiger charge is -2.36. The van der Waals surface area contributed by atoms with E-state index in [2.05, 4.69) is 17.0 Å². The monoisotopic (exact) mass is 208 g/mol. The van der Waals surface area contributed by atoms with Crippen molar-refractivity contribution in [1.82, 2.24) is 14.7 Å². The molecule has 0 atom stereocenters. The van der Waals surface area contributed by atoms with Gasteiger partial charge in [-0.2, -0.15) is 5.10 Å². The van der Waals surface area contributed by atoms with E-state index >= 15 is 0 Å². The average molecular weight is 208 g/mol. The van der Waals surface area contributed by atoms with Crippen molar-refractivity contribution in [2.75, 3.05) is 32.5 Å². The molecule has 2 aliphatic rings. The summed E-state index contributed by atoms with van der Waals surface area (Å²) in [5.41, 5.74) is 8.35. The molecule has 0 aliphatic carbocycles. The molecule has 5 nitrogen and oxygen atoms in total. The number of nitrogen functional groups attached to an aromatic ring is 1. The Labute approximate surface area is 88.8 Å². The van der Waals surface area contributed by atoms with E-state index in [0.29, 0.717) is 12.6 Å². The summed E-state index contributed by atoms with van der Waals surface area (Å²) in [7, 11) is 2.11. The van der Waals surface area contributed by atoms with Gasteiger partial charge in [-0.05, 0) is 7.05 Å². The number of likely N-dealkylation sites (N-methyl/N-ethyl adjacent to an activating group) is 1. The van der Waals surface area contributed by atoms with Crippen LogP contribution in [-0.2, 0) is 17.8 Å². The Balaban J connectivity index is 1.92. The second-order valence-electron chi connectivity index (χ2n) is 4.43. The predicted octanol–water partition coefficient (Wildman–Crippen LogP) is 0.0245. The normalized spacial score (nSPS) is 22.5. The maximum Gasteiger partial charge on any atom is 0.125 e. The van der Waals surface area contributed by atoms with E-state index in [1.807, 2.05) is 4.68 Å². The van der Waals surface area contributed by atoms with Crippen molar-refractivity contribution in [1.29, 1.82) is 0 Å². The van der Waals surface area contributed by atoms with Gasteiger partial charge in [-0.1, -0.05) is 0 Å². The molecule has 0 spiro atoms. The summed E-state index contributed by atoms with van der Waals surface area (Å²) in [5.74, 6) is 0.853.